The standard InChI is InChI=1S/C8H11NO2/c1-5(9)8-6(10)3-2-4-7(8)11/h2-4,6,8,10-11H,1,9H2. The average molecular weight is 153 g/mol. The summed E-state index contributed by atoms with van der Waals surface area (Å²) in [5.41, 5.74) is 5.63. The summed E-state index contributed by atoms with van der Waals surface area (Å²) in [6.45, 7) is 3.46. The Morgan fingerprint density at radius 1 is 1.64 bits per heavy atom. The lowest BCUT2D eigenvalue weighted by molar-refractivity contribution is 0.156. The molecule has 0 saturated carbocycles. The first-order chi connectivity index (χ1) is 5.13. The minimum absolute atomic E-state index is 0.0625. The van der Waals surface area contributed by atoms with Crippen LogP contribution in [0.3, 0.4) is 0 Å². The van der Waals surface area contributed by atoms with Crippen LogP contribution in [0.5, 0.6) is 0 Å². The SMILES string of the molecule is C=C(N)C1C(O)=CC=CC1O. The molecule has 1 aliphatic rings. The summed E-state index contributed by atoms with van der Waals surface area (Å²) in [6, 6.07) is 0. The van der Waals surface area contributed by atoms with Crippen LogP contribution in [0.4, 0.5) is 0 Å². The topological polar surface area (TPSA) is 66.5 Å². The van der Waals surface area contributed by atoms with E-state index in [-0.39, 0.29) is 11.5 Å². The van der Waals surface area contributed by atoms with E-state index in [1.807, 2.05) is 0 Å². The van der Waals surface area contributed by atoms with Gasteiger partial charge in [-0.05, 0) is 6.08 Å². The second-order valence-electron chi connectivity index (χ2n) is 2.52. The Kier molecular flexibility index (Phi) is 2.01. The van der Waals surface area contributed by atoms with Crippen LogP contribution in [-0.4, -0.2) is 16.3 Å². The molecule has 0 fully saturated rings. The summed E-state index contributed by atoms with van der Waals surface area (Å²) in [5.74, 6) is -0.479. The lowest BCUT2D eigenvalue weighted by Gasteiger charge is -2.21. The molecule has 0 bridgehead atoms. The van der Waals surface area contributed by atoms with Crippen molar-refractivity contribution in [1.29, 1.82) is 0 Å². The molecule has 0 radical (unpaired) electrons. The van der Waals surface area contributed by atoms with E-state index < -0.39 is 12.0 Å². The fourth-order valence-corrected chi connectivity index (χ4v) is 1.07. The molecule has 11 heavy (non-hydrogen) atoms. The Morgan fingerprint density at radius 3 is 2.64 bits per heavy atom. The lowest BCUT2D eigenvalue weighted by Crippen LogP contribution is -2.27. The molecule has 0 amide bonds. The smallest absolute Gasteiger partial charge is 0.104 e. The predicted molar refractivity (Wildman–Crippen MR) is 42.7 cm³/mol. The van der Waals surface area contributed by atoms with E-state index >= 15 is 0 Å². The summed E-state index contributed by atoms with van der Waals surface area (Å²) in [7, 11) is 0. The normalized spacial score (nSPS) is 29.7. The van der Waals surface area contributed by atoms with Gasteiger partial charge in [-0.1, -0.05) is 18.7 Å². The molecule has 4 N–H and O–H groups in total. The maximum absolute atomic E-state index is 9.28. The number of aliphatic hydroxyl groups is 2. The zero-order chi connectivity index (χ0) is 8.43. The third-order valence-electron chi connectivity index (χ3n) is 1.63. The highest BCUT2D eigenvalue weighted by Gasteiger charge is 2.24. The number of nitrogens with two attached hydrogens (primary N) is 1. The number of allylic oxidation sites excluding steroid dienone is 2. The second kappa shape index (κ2) is 2.80. The van der Waals surface area contributed by atoms with Crippen LogP contribution >= 0.6 is 0 Å². The van der Waals surface area contributed by atoms with Crippen molar-refractivity contribution in [2.24, 2.45) is 11.7 Å². The minimum Gasteiger partial charge on any atom is -0.511 e. The summed E-state index contributed by atoms with van der Waals surface area (Å²) in [4.78, 5) is 0. The van der Waals surface area contributed by atoms with Gasteiger partial charge in [-0.2, -0.15) is 0 Å². The molecule has 0 aromatic carbocycles. The maximum Gasteiger partial charge on any atom is 0.104 e. The van der Waals surface area contributed by atoms with E-state index in [1.165, 1.54) is 6.08 Å². The van der Waals surface area contributed by atoms with Gasteiger partial charge in [0.05, 0.1) is 12.0 Å². The fourth-order valence-electron chi connectivity index (χ4n) is 1.07. The highest BCUT2D eigenvalue weighted by molar-refractivity contribution is 5.25. The third-order valence-corrected chi connectivity index (χ3v) is 1.63. The van der Waals surface area contributed by atoms with Crippen LogP contribution < -0.4 is 5.73 Å². The van der Waals surface area contributed by atoms with Crippen molar-refractivity contribution in [1.82, 2.24) is 0 Å². The fraction of sp³-hybridized carbons (Fsp3) is 0.250. The van der Waals surface area contributed by atoms with Crippen molar-refractivity contribution in [3.05, 3.63) is 36.3 Å². The molecule has 0 spiro atoms. The molecule has 0 aromatic rings. The Hall–Kier alpha value is -1.22. The van der Waals surface area contributed by atoms with Crippen molar-refractivity contribution in [3.63, 3.8) is 0 Å². The van der Waals surface area contributed by atoms with Crippen LogP contribution in [0.25, 0.3) is 0 Å². The highest BCUT2D eigenvalue weighted by Crippen LogP contribution is 2.22. The summed E-state index contributed by atoms with van der Waals surface area (Å²) >= 11 is 0. The molecule has 2 atom stereocenters. The number of hydrogen-bond donors (Lipinski definition) is 3. The van der Waals surface area contributed by atoms with Crippen molar-refractivity contribution in [3.8, 4) is 0 Å². The van der Waals surface area contributed by atoms with E-state index in [9.17, 15) is 10.2 Å². The van der Waals surface area contributed by atoms with Crippen LogP contribution in [0, 0.1) is 5.92 Å². The zero-order valence-corrected chi connectivity index (χ0v) is 6.07. The molecule has 60 valence electrons. The van der Waals surface area contributed by atoms with Crippen molar-refractivity contribution < 1.29 is 10.2 Å². The van der Waals surface area contributed by atoms with Gasteiger partial charge in [0.2, 0.25) is 0 Å². The van der Waals surface area contributed by atoms with Crippen molar-refractivity contribution in [2.75, 3.05) is 0 Å². The van der Waals surface area contributed by atoms with E-state index in [4.69, 9.17) is 5.73 Å². The summed E-state index contributed by atoms with van der Waals surface area (Å²) < 4.78 is 0. The molecular formula is C8H11NO2. The first-order valence-electron chi connectivity index (χ1n) is 3.32. The van der Waals surface area contributed by atoms with Gasteiger partial charge in [0.25, 0.3) is 0 Å². The molecular weight excluding hydrogens is 142 g/mol. The number of hydrogen-bond acceptors (Lipinski definition) is 3. The average Bonchev–Trinajstić information content (AvgIpc) is 1.85. The Labute approximate surface area is 65.1 Å². The van der Waals surface area contributed by atoms with E-state index in [0.717, 1.165) is 0 Å². The number of aliphatic hydroxyl groups excluding tert-OH is 2. The largest absolute Gasteiger partial charge is 0.511 e. The molecule has 3 nitrogen and oxygen atoms in total. The van der Waals surface area contributed by atoms with Gasteiger partial charge in [-0.3, -0.25) is 0 Å². The maximum atomic E-state index is 9.28. The van der Waals surface area contributed by atoms with Gasteiger partial charge in [-0.15, -0.1) is 0 Å². The first kappa shape index (κ1) is 7.88. The quantitative estimate of drug-likeness (QED) is 0.512. The summed E-state index contributed by atoms with van der Waals surface area (Å²) in [5, 5.41) is 18.5. The van der Waals surface area contributed by atoms with Gasteiger partial charge < -0.3 is 15.9 Å². The zero-order valence-electron chi connectivity index (χ0n) is 6.07. The third kappa shape index (κ3) is 1.43. The Bertz CT molecular complexity index is 230. The molecule has 2 unspecified atom stereocenters. The summed E-state index contributed by atoms with van der Waals surface area (Å²) in [6.07, 6.45) is 3.88. The monoisotopic (exact) mass is 153 g/mol. The Balaban J connectivity index is 2.86. The van der Waals surface area contributed by atoms with E-state index in [1.54, 1.807) is 12.2 Å². The van der Waals surface area contributed by atoms with Crippen LogP contribution in [0.1, 0.15) is 0 Å². The predicted octanol–water partition coefficient (Wildman–Crippen LogP) is 0.448. The molecule has 0 heterocycles. The van der Waals surface area contributed by atoms with Gasteiger partial charge in [0.15, 0.2) is 0 Å². The lowest BCUT2D eigenvalue weighted by atomic mass is 9.93. The second-order valence-corrected chi connectivity index (χ2v) is 2.52. The molecule has 3 heteroatoms. The van der Waals surface area contributed by atoms with Gasteiger partial charge in [0, 0.05) is 5.70 Å². The van der Waals surface area contributed by atoms with E-state index in [2.05, 4.69) is 6.58 Å². The van der Waals surface area contributed by atoms with E-state index in [0.29, 0.717) is 0 Å². The van der Waals surface area contributed by atoms with Crippen LogP contribution in [0.15, 0.2) is 36.3 Å². The number of rotatable bonds is 1. The molecule has 0 saturated heterocycles. The van der Waals surface area contributed by atoms with Crippen molar-refractivity contribution >= 4 is 0 Å². The van der Waals surface area contributed by atoms with Crippen LogP contribution in [0.2, 0.25) is 0 Å². The van der Waals surface area contributed by atoms with Gasteiger partial charge in [-0.25, -0.2) is 0 Å². The Morgan fingerprint density at radius 2 is 2.27 bits per heavy atom. The molecule has 0 aliphatic heterocycles. The van der Waals surface area contributed by atoms with Crippen LogP contribution in [-0.2, 0) is 0 Å². The molecule has 1 aliphatic carbocycles. The first-order valence-corrected chi connectivity index (χ1v) is 3.32. The highest BCUT2D eigenvalue weighted by atomic mass is 16.3. The van der Waals surface area contributed by atoms with Gasteiger partial charge in [0.1, 0.15) is 5.76 Å². The molecule has 0 aromatic heterocycles. The molecule has 1 rings (SSSR count). The van der Waals surface area contributed by atoms with Crippen molar-refractivity contribution in [2.45, 2.75) is 6.10 Å². The van der Waals surface area contributed by atoms with Gasteiger partial charge >= 0.3 is 0 Å². The minimum atomic E-state index is -0.752.